The molecule has 6 aliphatic heterocycles. The predicted octanol–water partition coefficient (Wildman–Crippen LogP) is -14.5. The molecule has 69 heteroatoms. The zero-order valence-electron chi connectivity index (χ0n) is 53.5. The van der Waals surface area contributed by atoms with Gasteiger partial charge in [0.05, 0.1) is 24.7 Å². The Morgan fingerprint density at radius 1 is 0.360 bits per heavy atom. The van der Waals surface area contributed by atoms with E-state index in [9.17, 15) is 180 Å². The summed E-state index contributed by atoms with van der Waals surface area (Å²) in [5, 5.41) is 133. The van der Waals surface area contributed by atoms with Gasteiger partial charge in [0.25, 0.3) is 5.69 Å². The second kappa shape index (κ2) is 35.9. The molecule has 7 rings (SSSR count). The Morgan fingerprint density at radius 3 is 1.10 bits per heavy atom. The molecule has 6 heterocycles. The molecule has 1 aromatic rings. The van der Waals surface area contributed by atoms with Gasteiger partial charge in [0, 0.05) is 12.1 Å². The summed E-state index contributed by atoms with van der Waals surface area (Å²) in [5.41, 5.74) is -0.527. The van der Waals surface area contributed by atoms with Gasteiger partial charge < -0.3 is 113 Å². The lowest BCUT2D eigenvalue weighted by molar-refractivity contribution is -0.384. The van der Waals surface area contributed by atoms with Crippen LogP contribution in [0.5, 0.6) is 5.75 Å². The van der Waals surface area contributed by atoms with Crippen molar-refractivity contribution in [2.75, 3.05) is 19.8 Å². The molecule has 640 valence electrons. The van der Waals surface area contributed by atoms with Crippen molar-refractivity contribution < 1.29 is 257 Å². The SMILES string of the molecule is O=C(O)[C@H]1O[C@@H](Oc2ccc([N+](=O)[O-])cc2)[C@H](O)[C@@H](O)[C@@H]1O[C@H]1O[C@H](COS(=O)(=O)O)[C@@H](O[C@@H]2O[C@@H](C(=O)O)[C@@H](O[C@H]3O[C@H](COS(=O)(=O)O)[C@@H](O[C@@H]4O[C@H](C(=O)O)[C@@H](O[C@H]5O[C@H](COS(=O)(=O)O)[C@@H](O)[C@H](O)[C@H]5NS(=O)(=O)O)[C@H](O)[C@H]4O)[C@H](OS(=O)(=O)O)[C@H]3NS(=O)(=O)O)[C@H](O)[C@H]2OS(=O)(=O)O)[C@H](O)[C@H]1NS(=O)(=O)O. The molecule has 1 aromatic carbocycles. The fourth-order valence-electron chi connectivity index (χ4n) is 11.1. The number of aliphatic hydroxyl groups is 8. The zero-order valence-corrected chi connectivity index (χ0v) is 60.0. The number of nitro benzene ring substituents is 1. The minimum absolute atomic E-state index is 0.411. The van der Waals surface area contributed by atoms with Crippen LogP contribution in [0.2, 0.25) is 0 Å². The van der Waals surface area contributed by atoms with Gasteiger partial charge in [-0.3, -0.25) is 46.5 Å². The number of non-ortho nitro benzene ring substituents is 1. The minimum atomic E-state index is -6.46. The van der Waals surface area contributed by atoms with Crippen LogP contribution in [0.3, 0.4) is 0 Å². The molecule has 61 nitrogen and oxygen atoms in total. The number of benzene rings is 1. The van der Waals surface area contributed by atoms with Gasteiger partial charge in [-0.1, -0.05) is 0 Å². The van der Waals surface area contributed by atoms with E-state index in [0.29, 0.717) is 0 Å². The first kappa shape index (κ1) is 93.2. The van der Waals surface area contributed by atoms with Crippen molar-refractivity contribution in [3.05, 3.63) is 34.4 Å². The van der Waals surface area contributed by atoms with Crippen molar-refractivity contribution in [2.45, 2.75) is 184 Å². The normalized spacial score (nSPS) is 37.9. The largest absolute Gasteiger partial charge is 0.479 e. The molecule has 0 aliphatic carbocycles. The molecule has 0 unspecified atom stereocenters. The molecule has 0 amide bonds. The van der Waals surface area contributed by atoms with Crippen molar-refractivity contribution in [1.82, 2.24) is 14.2 Å². The molecular formula is C42H62N4O57S8. The van der Waals surface area contributed by atoms with E-state index in [1.165, 1.54) is 9.44 Å². The standard InChI is InChI=1S/C42H62N4O57S8/c47-16-10(5-87-107(72,73)74)91-37(13(17(16)48)43-104(63,64)65)96-28-20(51)22(53)41(100-32(28)35(57)58)95-25-12(7-89-109(78,79)80)93-39(15(45-106(69,70)71)26(25)102-110(81,82)83)98-29-23(54)30(103-111(84,85)86)42(101-33(29)36(59)60)94-24-11(6-88-108(75,76)77)92-38(14(18(24)49)44-105(66,67)68)97-27-19(50)21(52)40(99-31(27)34(55)56)90-9-3-1-8(2-4-9)46(61)62/h1-4,10-33,37-45,47-54H,5-7H2,(H,55,56)(H,57,58)(H,59,60)(H,63,64,65)(H,66,67,68)(H,69,70,71)(H,72,73,74)(H,75,76,77)(H,78,79,80)(H,81,82,83)(H,84,85,86)/t10-,11-,12-,13-,14-,15-,16-,17-,18-,19-,20-,21-,22-,23+,24-,25-,26-,27+,28+,29+,30-,31+,32+,33-,37-,38-,39-,40-,41-,42-/m1/s1. The Bertz CT molecular complexity index is 4430. The lowest BCUT2D eigenvalue weighted by Gasteiger charge is -2.50. The van der Waals surface area contributed by atoms with Crippen LogP contribution in [0.4, 0.5) is 5.69 Å². The van der Waals surface area contributed by atoms with Gasteiger partial charge in [-0.05, 0) is 12.1 Å². The van der Waals surface area contributed by atoms with Crippen LogP contribution in [0, 0.1) is 10.1 Å². The van der Waals surface area contributed by atoms with E-state index in [0.717, 1.165) is 29.0 Å². The van der Waals surface area contributed by atoms with Crippen LogP contribution in [0.1, 0.15) is 0 Å². The smallest absolute Gasteiger partial charge is 0.397 e. The molecule has 22 N–H and O–H groups in total. The van der Waals surface area contributed by atoms with Gasteiger partial charge in [0.15, 0.2) is 55.9 Å². The molecular weight excluding hydrogens is 1730 g/mol. The highest BCUT2D eigenvalue weighted by Crippen LogP contribution is 2.40. The number of hydrogen-bond acceptors (Lipinski definition) is 46. The number of nitrogens with one attached hydrogen (secondary N) is 3. The molecule has 111 heavy (non-hydrogen) atoms. The van der Waals surface area contributed by atoms with E-state index in [1.807, 2.05) is 0 Å². The maximum Gasteiger partial charge on any atom is 0.397 e. The van der Waals surface area contributed by atoms with Crippen LogP contribution < -0.4 is 18.9 Å². The highest BCUT2D eigenvalue weighted by Gasteiger charge is 2.62. The first-order valence-electron chi connectivity index (χ1n) is 29.3. The molecule has 6 saturated heterocycles. The average Bonchev–Trinajstić information content (AvgIpc) is 0.747. The number of nitrogens with zero attached hydrogens (tertiary/aromatic N) is 1. The monoisotopic (exact) mass is 1790 g/mol. The van der Waals surface area contributed by atoms with E-state index in [1.54, 1.807) is 0 Å². The van der Waals surface area contributed by atoms with Crippen molar-refractivity contribution >= 4 is 107 Å². The van der Waals surface area contributed by atoms with Crippen molar-refractivity contribution in [2.24, 2.45) is 0 Å². The lowest BCUT2D eigenvalue weighted by Crippen LogP contribution is -2.71. The Labute approximate surface area is 618 Å². The summed E-state index contributed by atoms with van der Waals surface area (Å²) in [4.78, 5) is 49.2. The van der Waals surface area contributed by atoms with E-state index in [4.69, 9.17) is 61.4 Å². The van der Waals surface area contributed by atoms with Gasteiger partial charge in [0.1, 0.15) is 128 Å². The van der Waals surface area contributed by atoms with Crippen LogP contribution in [-0.4, -0.2) is 387 Å². The van der Waals surface area contributed by atoms with Crippen LogP contribution >= 0.6 is 0 Å². The van der Waals surface area contributed by atoms with E-state index in [-0.39, 0.29) is 0 Å². The first-order valence-corrected chi connectivity index (χ1v) is 40.4. The average molecular weight is 1790 g/mol. The summed E-state index contributed by atoms with van der Waals surface area (Å²) in [6, 6.07) is -5.44. The zero-order chi connectivity index (χ0) is 83.9. The highest BCUT2D eigenvalue weighted by atomic mass is 32.3. The molecule has 6 fully saturated rings. The topological polar surface area (TPSA) is 945 Å². The third-order valence-electron chi connectivity index (χ3n) is 15.6. The maximum atomic E-state index is 13.3. The lowest BCUT2D eigenvalue weighted by atomic mass is 9.94. The summed E-state index contributed by atoms with van der Waals surface area (Å²) in [6.45, 7) is -5.51. The fraction of sp³-hybridized carbons (Fsp3) is 0.786. The molecule has 0 spiro atoms. The molecule has 30 atom stereocenters. The minimum Gasteiger partial charge on any atom is -0.479 e. The molecule has 0 radical (unpaired) electrons. The number of hydrogen-bond donors (Lipinski definition) is 22. The predicted molar refractivity (Wildman–Crippen MR) is 322 cm³/mol. The number of nitro groups is 1. The fourth-order valence-corrected chi connectivity index (χ4v) is 14.8. The van der Waals surface area contributed by atoms with E-state index in [2.05, 4.69) is 20.9 Å². The summed E-state index contributed by atoms with van der Waals surface area (Å²) in [5.74, 6) is -7.69. The van der Waals surface area contributed by atoms with Crippen molar-refractivity contribution in [3.8, 4) is 5.75 Å². The number of rotatable bonds is 35. The van der Waals surface area contributed by atoms with Crippen molar-refractivity contribution in [3.63, 3.8) is 0 Å². The number of ether oxygens (including phenoxy) is 12. The van der Waals surface area contributed by atoms with Crippen LogP contribution in [-0.2, 0) is 170 Å². The Morgan fingerprint density at radius 2 is 0.694 bits per heavy atom. The second-order valence-electron chi connectivity index (χ2n) is 23.2. The van der Waals surface area contributed by atoms with Gasteiger partial charge in [-0.25, -0.2) is 35.3 Å². The van der Waals surface area contributed by atoms with E-state index < -0.39 is 321 Å². The molecule has 0 bridgehead atoms. The van der Waals surface area contributed by atoms with Crippen molar-refractivity contribution in [1.29, 1.82) is 0 Å². The summed E-state index contributed by atoms with van der Waals surface area (Å²) in [7, 11) is -48.0. The summed E-state index contributed by atoms with van der Waals surface area (Å²) < 4.78 is 364. The molecule has 0 saturated carbocycles. The number of carboxylic acid groups (broad SMARTS) is 3. The number of carboxylic acids is 3. The highest BCUT2D eigenvalue weighted by molar-refractivity contribution is 7.84. The summed E-state index contributed by atoms with van der Waals surface area (Å²) >= 11 is 0. The first-order chi connectivity index (χ1) is 50.6. The Balaban J connectivity index is 1.25. The van der Waals surface area contributed by atoms with E-state index >= 15 is 0 Å². The second-order valence-corrected chi connectivity index (χ2v) is 32.1. The Kier molecular flexibility index (Phi) is 30.1. The Hall–Kier alpha value is -4.97. The third kappa shape index (κ3) is 25.8. The van der Waals surface area contributed by atoms with Gasteiger partial charge in [-0.15, -0.1) is 0 Å². The quantitative estimate of drug-likeness (QED) is 0.0170. The van der Waals surface area contributed by atoms with Crippen LogP contribution in [0.15, 0.2) is 24.3 Å². The van der Waals surface area contributed by atoms with Gasteiger partial charge in [-0.2, -0.15) is 81.5 Å². The third-order valence-corrected chi connectivity index (χ3v) is 19.5. The van der Waals surface area contributed by atoms with Gasteiger partial charge >= 0.3 is 101 Å². The number of aliphatic hydroxyl groups excluding tert-OH is 8. The summed E-state index contributed by atoms with van der Waals surface area (Å²) in [6.07, 6.45) is -80.5. The molecule has 6 aliphatic rings. The molecule has 0 aromatic heterocycles. The van der Waals surface area contributed by atoms with Crippen LogP contribution in [0.25, 0.3) is 0 Å². The number of aliphatic carboxylic acids is 3. The maximum absolute atomic E-state index is 13.3. The number of carbonyl (C=O) groups is 3. The van der Waals surface area contributed by atoms with Gasteiger partial charge in [0.2, 0.25) is 6.29 Å².